The van der Waals surface area contributed by atoms with Gasteiger partial charge in [-0.1, -0.05) is 23.7 Å². The van der Waals surface area contributed by atoms with Crippen LogP contribution in [0, 0.1) is 0 Å². The maximum absolute atomic E-state index is 11.6. The van der Waals surface area contributed by atoms with Crippen molar-refractivity contribution in [1.82, 2.24) is 0 Å². The van der Waals surface area contributed by atoms with E-state index in [1.54, 1.807) is 30.3 Å². The fourth-order valence-electron chi connectivity index (χ4n) is 1.26. The summed E-state index contributed by atoms with van der Waals surface area (Å²) in [5.74, 6) is -1.10. The van der Waals surface area contributed by atoms with Crippen molar-refractivity contribution in [3.63, 3.8) is 0 Å². The number of rotatable bonds is 4. The van der Waals surface area contributed by atoms with Gasteiger partial charge in [-0.15, -0.1) is 0 Å². The molecule has 0 spiro atoms. The van der Waals surface area contributed by atoms with E-state index >= 15 is 0 Å². The van der Waals surface area contributed by atoms with E-state index in [0.29, 0.717) is 5.02 Å². The molecule has 4 nitrogen and oxygen atoms in total. The molecule has 0 heterocycles. The molecule has 1 aromatic rings. The lowest BCUT2D eigenvalue weighted by molar-refractivity contribution is -0.135. The van der Waals surface area contributed by atoms with Crippen LogP contribution in [0.5, 0.6) is 0 Å². The summed E-state index contributed by atoms with van der Waals surface area (Å²) in [6.45, 7) is 0. The number of halogens is 1. The molecule has 19 heavy (non-hydrogen) atoms. The van der Waals surface area contributed by atoms with Gasteiger partial charge in [-0.05, 0) is 29.8 Å². The van der Waals surface area contributed by atoms with Crippen LogP contribution in [0.2, 0.25) is 5.02 Å². The van der Waals surface area contributed by atoms with E-state index in [1.807, 2.05) is 0 Å². The number of hydrogen-bond acceptors (Lipinski definition) is 4. The smallest absolute Gasteiger partial charge is 0.337 e. The summed E-state index contributed by atoms with van der Waals surface area (Å²) in [5.41, 5.74) is 0.995. The van der Waals surface area contributed by atoms with Crippen molar-refractivity contribution >= 4 is 29.6 Å². The van der Waals surface area contributed by atoms with Crippen molar-refractivity contribution in [2.75, 3.05) is 14.2 Å². The first-order valence-corrected chi connectivity index (χ1v) is 5.76. The molecule has 0 bridgehead atoms. The van der Waals surface area contributed by atoms with Crippen LogP contribution in [-0.4, -0.2) is 26.2 Å². The molecule has 0 saturated carbocycles. The number of methoxy groups -OCH3 is 2. The van der Waals surface area contributed by atoms with Gasteiger partial charge in [0.05, 0.1) is 19.8 Å². The second kappa shape index (κ2) is 7.38. The Labute approximate surface area is 116 Å². The van der Waals surface area contributed by atoms with Crippen molar-refractivity contribution in [2.24, 2.45) is 0 Å². The molecule has 0 amide bonds. The highest BCUT2D eigenvalue weighted by Gasteiger charge is 2.07. The molecule has 0 aliphatic heterocycles. The highest BCUT2D eigenvalue weighted by atomic mass is 35.5. The molecule has 100 valence electrons. The van der Waals surface area contributed by atoms with Crippen LogP contribution in [0.1, 0.15) is 5.56 Å². The minimum Gasteiger partial charge on any atom is -0.466 e. The Balaban J connectivity index is 3.03. The van der Waals surface area contributed by atoms with Crippen molar-refractivity contribution in [3.05, 3.63) is 52.6 Å². The summed E-state index contributed by atoms with van der Waals surface area (Å²) in [6.07, 6.45) is 4.08. The minimum absolute atomic E-state index is 0.232. The maximum Gasteiger partial charge on any atom is 0.337 e. The zero-order valence-electron chi connectivity index (χ0n) is 10.6. The average molecular weight is 281 g/mol. The first-order chi connectivity index (χ1) is 9.06. The van der Waals surface area contributed by atoms with Crippen molar-refractivity contribution in [1.29, 1.82) is 0 Å². The third kappa shape index (κ3) is 4.97. The van der Waals surface area contributed by atoms with Gasteiger partial charge in [0.2, 0.25) is 0 Å². The average Bonchev–Trinajstić information content (AvgIpc) is 2.44. The number of ether oxygens (including phenoxy) is 2. The minimum atomic E-state index is -0.550. The topological polar surface area (TPSA) is 52.6 Å². The number of benzene rings is 1. The number of carbonyl (C=O) groups is 2. The van der Waals surface area contributed by atoms with Crippen LogP contribution in [0.15, 0.2) is 42.0 Å². The molecule has 1 aromatic carbocycles. The predicted molar refractivity (Wildman–Crippen MR) is 72.6 cm³/mol. The van der Waals surface area contributed by atoms with Crippen LogP contribution in [0.4, 0.5) is 0 Å². The molecule has 5 heteroatoms. The highest BCUT2D eigenvalue weighted by molar-refractivity contribution is 6.30. The van der Waals surface area contributed by atoms with E-state index in [1.165, 1.54) is 20.3 Å². The summed E-state index contributed by atoms with van der Waals surface area (Å²) in [6, 6.07) is 6.90. The summed E-state index contributed by atoms with van der Waals surface area (Å²) < 4.78 is 9.09. The number of carbonyl (C=O) groups excluding carboxylic acids is 2. The monoisotopic (exact) mass is 280 g/mol. The van der Waals surface area contributed by atoms with Gasteiger partial charge < -0.3 is 9.47 Å². The molecule has 0 radical (unpaired) electrons. The van der Waals surface area contributed by atoms with Gasteiger partial charge in [-0.25, -0.2) is 9.59 Å². The quantitative estimate of drug-likeness (QED) is 0.483. The van der Waals surface area contributed by atoms with Gasteiger partial charge in [0.15, 0.2) is 0 Å². The lowest BCUT2D eigenvalue weighted by Crippen LogP contribution is -2.03. The molecule has 0 aliphatic carbocycles. The van der Waals surface area contributed by atoms with Gasteiger partial charge in [0.1, 0.15) is 0 Å². The normalized spacial score (nSPS) is 11.4. The molecule has 0 fully saturated rings. The van der Waals surface area contributed by atoms with Crippen LogP contribution in [-0.2, 0) is 19.1 Å². The Morgan fingerprint density at radius 2 is 1.68 bits per heavy atom. The first kappa shape index (κ1) is 15.0. The standard InChI is InChI=1S/C14H13ClO4/c1-18-13(16)8-5-11(14(17)19-2)9-10-3-6-12(15)7-4-10/h3-9H,1-2H3/b8-5+,11-9+. The van der Waals surface area contributed by atoms with Crippen molar-refractivity contribution in [3.8, 4) is 0 Å². The van der Waals surface area contributed by atoms with Crippen molar-refractivity contribution in [2.45, 2.75) is 0 Å². The van der Waals surface area contributed by atoms with E-state index in [0.717, 1.165) is 11.6 Å². The van der Waals surface area contributed by atoms with Gasteiger partial charge in [0, 0.05) is 11.1 Å². The van der Waals surface area contributed by atoms with Crippen LogP contribution in [0.3, 0.4) is 0 Å². The second-order valence-electron chi connectivity index (χ2n) is 3.50. The predicted octanol–water partition coefficient (Wildman–Crippen LogP) is 2.63. The highest BCUT2D eigenvalue weighted by Crippen LogP contribution is 2.14. The van der Waals surface area contributed by atoms with Crippen LogP contribution < -0.4 is 0 Å². The molecular weight excluding hydrogens is 268 g/mol. The Morgan fingerprint density at radius 3 is 2.21 bits per heavy atom. The van der Waals surface area contributed by atoms with E-state index < -0.39 is 11.9 Å². The van der Waals surface area contributed by atoms with Gasteiger partial charge in [-0.3, -0.25) is 0 Å². The lowest BCUT2D eigenvalue weighted by atomic mass is 10.1. The summed E-state index contributed by atoms with van der Waals surface area (Å²) in [7, 11) is 2.53. The number of esters is 2. The summed E-state index contributed by atoms with van der Waals surface area (Å²) in [4.78, 5) is 22.6. The van der Waals surface area contributed by atoms with Gasteiger partial charge in [0.25, 0.3) is 0 Å². The molecule has 1 rings (SSSR count). The van der Waals surface area contributed by atoms with E-state index in [9.17, 15) is 9.59 Å². The van der Waals surface area contributed by atoms with Crippen LogP contribution in [0.25, 0.3) is 6.08 Å². The maximum atomic E-state index is 11.6. The second-order valence-corrected chi connectivity index (χ2v) is 3.94. The fourth-order valence-corrected chi connectivity index (χ4v) is 1.38. The van der Waals surface area contributed by atoms with E-state index in [4.69, 9.17) is 11.6 Å². The molecule has 0 unspecified atom stereocenters. The SMILES string of the molecule is COC(=O)/C=C/C(=C\c1ccc(Cl)cc1)C(=O)OC. The van der Waals surface area contributed by atoms with Crippen molar-refractivity contribution < 1.29 is 19.1 Å². The molecule has 0 N–H and O–H groups in total. The lowest BCUT2D eigenvalue weighted by Gasteiger charge is -2.01. The zero-order valence-corrected chi connectivity index (χ0v) is 11.3. The summed E-state index contributed by atoms with van der Waals surface area (Å²) in [5, 5.41) is 0.599. The number of hydrogen-bond donors (Lipinski definition) is 0. The molecule has 0 aliphatic rings. The molecule has 0 aromatic heterocycles. The first-order valence-electron chi connectivity index (χ1n) is 5.38. The third-order valence-corrected chi connectivity index (χ3v) is 2.47. The van der Waals surface area contributed by atoms with Gasteiger partial charge in [-0.2, -0.15) is 0 Å². The van der Waals surface area contributed by atoms with E-state index in [2.05, 4.69) is 9.47 Å². The zero-order chi connectivity index (χ0) is 14.3. The van der Waals surface area contributed by atoms with Crippen LogP contribution >= 0.6 is 11.6 Å². The Morgan fingerprint density at radius 1 is 1.05 bits per heavy atom. The molecule has 0 atom stereocenters. The van der Waals surface area contributed by atoms with Gasteiger partial charge >= 0.3 is 11.9 Å². The largest absolute Gasteiger partial charge is 0.466 e. The Kier molecular flexibility index (Phi) is 5.82. The Hall–Kier alpha value is -2.07. The molecule has 0 saturated heterocycles. The third-order valence-electron chi connectivity index (χ3n) is 2.21. The Bertz CT molecular complexity index is 515. The molecular formula is C14H13ClO4. The fraction of sp³-hybridized carbons (Fsp3) is 0.143. The van der Waals surface area contributed by atoms with E-state index in [-0.39, 0.29) is 5.57 Å². The summed E-state index contributed by atoms with van der Waals surface area (Å²) >= 11 is 5.77.